The molecule has 1 atom stereocenters. The van der Waals surface area contributed by atoms with Crippen molar-refractivity contribution in [1.29, 1.82) is 0 Å². The summed E-state index contributed by atoms with van der Waals surface area (Å²) in [5.41, 5.74) is 11.6. The van der Waals surface area contributed by atoms with Crippen LogP contribution in [0.4, 0.5) is 5.69 Å². The van der Waals surface area contributed by atoms with Gasteiger partial charge in [-0.15, -0.1) is 0 Å². The average Bonchev–Trinajstić information content (AvgIpc) is 2.26. The molecule has 19 heavy (non-hydrogen) atoms. The summed E-state index contributed by atoms with van der Waals surface area (Å²) in [6.07, 6.45) is -0.621. The van der Waals surface area contributed by atoms with E-state index in [0.29, 0.717) is 15.7 Å². The molecule has 0 spiro atoms. The van der Waals surface area contributed by atoms with Crippen molar-refractivity contribution in [2.75, 3.05) is 18.0 Å². The number of hydrogen-bond acceptors (Lipinski definition) is 4. The van der Waals surface area contributed by atoms with E-state index in [9.17, 15) is 14.7 Å². The van der Waals surface area contributed by atoms with Gasteiger partial charge in [0.05, 0.1) is 19.2 Å². The van der Waals surface area contributed by atoms with Crippen molar-refractivity contribution in [2.24, 2.45) is 11.5 Å². The first kappa shape index (κ1) is 15.5. The Labute approximate surface area is 119 Å². The molecule has 0 aliphatic rings. The van der Waals surface area contributed by atoms with Gasteiger partial charge in [-0.1, -0.05) is 22.0 Å². The van der Waals surface area contributed by atoms with Crippen LogP contribution in [0.15, 0.2) is 22.7 Å². The van der Waals surface area contributed by atoms with Crippen LogP contribution in [0.2, 0.25) is 0 Å². The summed E-state index contributed by atoms with van der Waals surface area (Å²) in [5.74, 6) is -1.12. The van der Waals surface area contributed by atoms with Gasteiger partial charge in [0.25, 0.3) is 0 Å². The lowest BCUT2D eigenvalue weighted by atomic mass is 10.1. The number of anilines is 1. The lowest BCUT2D eigenvalue weighted by molar-refractivity contribution is -0.117. The number of nitrogens with two attached hydrogens (primary N) is 2. The molecule has 6 nitrogen and oxygen atoms in total. The van der Waals surface area contributed by atoms with Gasteiger partial charge < -0.3 is 21.5 Å². The van der Waals surface area contributed by atoms with Crippen molar-refractivity contribution in [3.63, 3.8) is 0 Å². The van der Waals surface area contributed by atoms with E-state index in [-0.39, 0.29) is 13.1 Å². The molecule has 5 N–H and O–H groups in total. The first-order valence-electron chi connectivity index (χ1n) is 5.60. The van der Waals surface area contributed by atoms with E-state index in [2.05, 4.69) is 15.9 Å². The number of carbonyl (C=O) groups is 2. The Hall–Kier alpha value is -1.60. The van der Waals surface area contributed by atoms with E-state index in [1.807, 2.05) is 0 Å². The van der Waals surface area contributed by atoms with Gasteiger partial charge in [0.1, 0.15) is 0 Å². The zero-order chi connectivity index (χ0) is 14.6. The van der Waals surface area contributed by atoms with E-state index in [1.165, 1.54) is 4.90 Å². The predicted molar refractivity (Wildman–Crippen MR) is 75.4 cm³/mol. The Balaban J connectivity index is 3.05. The number of benzene rings is 1. The maximum atomic E-state index is 11.0. The molecule has 0 aromatic heterocycles. The number of hydrogen-bond donors (Lipinski definition) is 3. The number of carbonyl (C=O) groups excluding carboxylic acids is 2. The second-order valence-corrected chi connectivity index (χ2v) is 5.02. The maximum Gasteiger partial charge on any atom is 0.236 e. The molecule has 0 fully saturated rings. The van der Waals surface area contributed by atoms with Crippen LogP contribution < -0.4 is 16.4 Å². The van der Waals surface area contributed by atoms with Gasteiger partial charge in [0.2, 0.25) is 11.8 Å². The average molecular weight is 330 g/mol. The fraction of sp³-hybridized carbons (Fsp3) is 0.333. The zero-order valence-corrected chi connectivity index (χ0v) is 12.1. The molecule has 0 aliphatic heterocycles. The number of aliphatic hydroxyl groups is 1. The fourth-order valence-corrected chi connectivity index (χ4v) is 2.36. The molecule has 1 aromatic carbocycles. The SMILES string of the molecule is CC(O)c1ccc(N(CC(N)=O)CC(N)=O)cc1Br. The molecule has 0 aliphatic carbocycles. The number of nitrogens with zero attached hydrogens (tertiary/aromatic N) is 1. The number of aliphatic hydroxyl groups excluding tert-OH is 1. The Morgan fingerprint density at radius 1 is 1.32 bits per heavy atom. The molecule has 0 heterocycles. The molecule has 7 heteroatoms. The highest BCUT2D eigenvalue weighted by Gasteiger charge is 2.14. The summed E-state index contributed by atoms with van der Waals surface area (Å²) in [6.45, 7) is 1.43. The minimum Gasteiger partial charge on any atom is -0.389 e. The molecule has 0 saturated carbocycles. The number of rotatable bonds is 6. The molecular formula is C12H16BrN3O3. The predicted octanol–water partition coefficient (Wildman–Crippen LogP) is 0.279. The lowest BCUT2D eigenvalue weighted by Crippen LogP contribution is -2.39. The number of halogens is 1. The molecule has 2 amide bonds. The molecule has 1 unspecified atom stereocenters. The highest BCUT2D eigenvalue weighted by Crippen LogP contribution is 2.28. The molecule has 0 saturated heterocycles. The van der Waals surface area contributed by atoms with Crippen molar-refractivity contribution in [3.05, 3.63) is 28.2 Å². The zero-order valence-electron chi connectivity index (χ0n) is 10.5. The third kappa shape index (κ3) is 4.53. The van der Waals surface area contributed by atoms with Crippen LogP contribution in [-0.2, 0) is 9.59 Å². The van der Waals surface area contributed by atoms with Gasteiger partial charge in [0, 0.05) is 10.2 Å². The molecule has 1 aromatic rings. The first-order valence-corrected chi connectivity index (χ1v) is 6.39. The minimum absolute atomic E-state index is 0.108. The van der Waals surface area contributed by atoms with E-state index in [1.54, 1.807) is 25.1 Å². The molecule has 1 rings (SSSR count). The number of primary amides is 2. The molecular weight excluding hydrogens is 314 g/mol. The largest absolute Gasteiger partial charge is 0.389 e. The van der Waals surface area contributed by atoms with Gasteiger partial charge in [-0.3, -0.25) is 9.59 Å². The van der Waals surface area contributed by atoms with Crippen molar-refractivity contribution in [3.8, 4) is 0 Å². The number of amides is 2. The second-order valence-electron chi connectivity index (χ2n) is 4.17. The van der Waals surface area contributed by atoms with Crippen LogP contribution in [0.5, 0.6) is 0 Å². The fourth-order valence-electron chi connectivity index (χ4n) is 1.67. The monoisotopic (exact) mass is 329 g/mol. The van der Waals surface area contributed by atoms with Gasteiger partial charge in [-0.2, -0.15) is 0 Å². The highest BCUT2D eigenvalue weighted by molar-refractivity contribution is 9.10. The summed E-state index contributed by atoms with van der Waals surface area (Å²) < 4.78 is 0.680. The van der Waals surface area contributed by atoms with Crippen molar-refractivity contribution in [2.45, 2.75) is 13.0 Å². The van der Waals surface area contributed by atoms with Crippen LogP contribution in [0.25, 0.3) is 0 Å². The van der Waals surface area contributed by atoms with E-state index >= 15 is 0 Å². The molecule has 0 bridgehead atoms. The normalized spacial score (nSPS) is 11.9. The quantitative estimate of drug-likeness (QED) is 0.696. The highest BCUT2D eigenvalue weighted by atomic mass is 79.9. The Bertz CT molecular complexity index is 475. The second kappa shape index (κ2) is 6.53. The smallest absolute Gasteiger partial charge is 0.236 e. The van der Waals surface area contributed by atoms with Gasteiger partial charge in [-0.25, -0.2) is 0 Å². The third-order valence-corrected chi connectivity index (χ3v) is 3.18. The summed E-state index contributed by atoms with van der Waals surface area (Å²) in [4.78, 5) is 23.5. The third-order valence-electron chi connectivity index (χ3n) is 2.49. The lowest BCUT2D eigenvalue weighted by Gasteiger charge is -2.22. The molecule has 104 valence electrons. The Kier molecular flexibility index (Phi) is 5.31. The van der Waals surface area contributed by atoms with Crippen molar-refractivity contribution < 1.29 is 14.7 Å². The van der Waals surface area contributed by atoms with Gasteiger partial charge >= 0.3 is 0 Å². The van der Waals surface area contributed by atoms with Gasteiger partial charge in [-0.05, 0) is 24.6 Å². The molecule has 0 radical (unpaired) electrons. The van der Waals surface area contributed by atoms with Gasteiger partial charge in [0.15, 0.2) is 0 Å². The summed E-state index contributed by atoms with van der Waals surface area (Å²) in [6, 6.07) is 5.10. The van der Waals surface area contributed by atoms with Crippen LogP contribution in [0.3, 0.4) is 0 Å². The maximum absolute atomic E-state index is 11.0. The Morgan fingerprint density at radius 3 is 2.21 bits per heavy atom. The summed E-state index contributed by atoms with van der Waals surface area (Å²) in [7, 11) is 0. The van der Waals surface area contributed by atoms with Crippen LogP contribution in [-0.4, -0.2) is 30.0 Å². The van der Waals surface area contributed by atoms with E-state index in [0.717, 1.165) is 0 Å². The summed E-state index contributed by atoms with van der Waals surface area (Å²) >= 11 is 3.33. The van der Waals surface area contributed by atoms with Crippen LogP contribution >= 0.6 is 15.9 Å². The standard InChI is InChI=1S/C12H16BrN3O3/c1-7(17)9-3-2-8(4-10(9)13)16(5-11(14)18)6-12(15)19/h2-4,7,17H,5-6H2,1H3,(H2,14,18)(H2,15,19). The minimum atomic E-state index is -0.621. The van der Waals surface area contributed by atoms with Crippen LogP contribution in [0, 0.1) is 0 Å². The Morgan fingerprint density at radius 2 is 1.84 bits per heavy atom. The topological polar surface area (TPSA) is 110 Å². The first-order chi connectivity index (χ1) is 8.81. The van der Waals surface area contributed by atoms with Crippen LogP contribution in [0.1, 0.15) is 18.6 Å². The summed E-state index contributed by atoms with van der Waals surface area (Å²) in [5, 5.41) is 9.53. The van der Waals surface area contributed by atoms with Crippen molar-refractivity contribution in [1.82, 2.24) is 0 Å². The van der Waals surface area contributed by atoms with Crippen molar-refractivity contribution >= 4 is 33.4 Å². The van der Waals surface area contributed by atoms with E-state index in [4.69, 9.17) is 11.5 Å². The van der Waals surface area contributed by atoms with E-state index < -0.39 is 17.9 Å².